The monoisotopic (exact) mass is 458 g/mol. The van der Waals surface area contributed by atoms with Crippen molar-refractivity contribution in [2.45, 2.75) is 57.3 Å². The smallest absolute Gasteiger partial charge is 0.658 e. The summed E-state index contributed by atoms with van der Waals surface area (Å²) in [4.78, 5) is 8.26. The molecule has 1 saturated heterocycles. The molecule has 1 aliphatic heterocycles. The summed E-state index contributed by atoms with van der Waals surface area (Å²) < 4.78 is 0. The molecule has 2 nitrogen and oxygen atoms in total. The van der Waals surface area contributed by atoms with Crippen LogP contribution >= 0.6 is 0 Å². The first kappa shape index (κ1) is 29.6. The van der Waals surface area contributed by atoms with E-state index < -0.39 is 8.24 Å². The summed E-state index contributed by atoms with van der Waals surface area (Å²) in [5, 5.41) is 1.52. The molecule has 4 heteroatoms. The fraction of sp³-hybridized carbons (Fsp3) is 0.500. The zero-order valence-electron chi connectivity index (χ0n) is 20.0. The summed E-state index contributed by atoms with van der Waals surface area (Å²) >= 11 is 0. The van der Waals surface area contributed by atoms with Gasteiger partial charge in [0.1, 0.15) is 0 Å². The summed E-state index contributed by atoms with van der Waals surface area (Å²) in [6.45, 7) is 9.64. The van der Waals surface area contributed by atoms with Crippen LogP contribution in [0.4, 0.5) is 0 Å². The molecule has 0 spiro atoms. The van der Waals surface area contributed by atoms with Crippen LogP contribution in [0.15, 0.2) is 54.6 Å². The number of nitrogens with zero attached hydrogens (tertiary/aromatic N) is 2. The minimum Gasteiger partial charge on any atom is -0.658 e. The Morgan fingerprint density at radius 3 is 2.07 bits per heavy atom. The van der Waals surface area contributed by atoms with Crippen LogP contribution in [0, 0.1) is 34.1 Å². The normalized spacial score (nSPS) is 29.1. The maximum absolute atomic E-state index is 5.48. The predicted molar refractivity (Wildman–Crippen MR) is 134 cm³/mol. The summed E-state index contributed by atoms with van der Waals surface area (Å²) in [7, 11) is -1.94. The summed E-state index contributed by atoms with van der Waals surface area (Å²) in [6.07, 6.45) is 13.7. The molecule has 5 unspecified atom stereocenters. The van der Waals surface area contributed by atoms with Crippen molar-refractivity contribution in [3.05, 3.63) is 81.9 Å². The van der Waals surface area contributed by atoms with E-state index in [1.165, 1.54) is 37.5 Å². The van der Waals surface area contributed by atoms with Crippen LogP contribution < -0.4 is 5.19 Å². The van der Waals surface area contributed by atoms with Gasteiger partial charge in [0, 0.05) is 6.04 Å². The van der Waals surface area contributed by atoms with Crippen LogP contribution in [0.5, 0.6) is 0 Å². The summed E-state index contributed by atoms with van der Waals surface area (Å²) in [5.74, 6) is 1.34. The van der Waals surface area contributed by atoms with E-state index in [1.54, 1.807) is 0 Å². The van der Waals surface area contributed by atoms with Gasteiger partial charge < -0.3 is 27.3 Å². The number of rotatable bonds is 5. The van der Waals surface area contributed by atoms with E-state index in [-0.39, 0.29) is 44.0 Å². The van der Waals surface area contributed by atoms with Gasteiger partial charge in [-0.25, -0.2) is 0 Å². The van der Waals surface area contributed by atoms with E-state index in [4.69, 9.17) is 4.98 Å². The quantitative estimate of drug-likeness (QED) is 0.380. The summed E-state index contributed by atoms with van der Waals surface area (Å²) in [6, 6.07) is 12.4. The van der Waals surface area contributed by atoms with Crippen LogP contribution in [-0.4, -0.2) is 38.3 Å². The third-order valence-electron chi connectivity index (χ3n) is 6.84. The van der Waals surface area contributed by atoms with Crippen molar-refractivity contribution in [1.82, 2.24) is 4.90 Å². The van der Waals surface area contributed by atoms with Gasteiger partial charge >= 0.3 is 21.7 Å². The minimum absolute atomic E-state index is 0. The van der Waals surface area contributed by atoms with Gasteiger partial charge in [-0.3, -0.25) is 4.90 Å². The SMILES string of the molecule is CC(C)[N-][Si](C)(c1ccccc1)C1CC(N2CCCC2)C2C=CC=CC21.[CH3-].[CH3-].[CH3-].[Ti+4]. The number of fused-ring (bicyclic) bond motifs is 1. The average molecular weight is 459 g/mol. The van der Waals surface area contributed by atoms with E-state index in [0.29, 0.717) is 29.5 Å². The second kappa shape index (κ2) is 12.6. The fourth-order valence-electron chi connectivity index (χ4n) is 5.77. The molecule has 1 aromatic carbocycles. The largest absolute Gasteiger partial charge is 4.00 e. The third-order valence-corrected chi connectivity index (χ3v) is 11.5. The van der Waals surface area contributed by atoms with Gasteiger partial charge in [0.05, 0.1) is 0 Å². The number of likely N-dealkylation sites (tertiary alicyclic amines) is 1. The first-order chi connectivity index (χ1) is 12.6. The van der Waals surface area contributed by atoms with E-state index >= 15 is 0 Å². The standard InChI is InChI=1S/C23H33N2Si.3CH3.Ti/c1-18(2)24-26(3,19-11-5-4-6-12-19)23-17-22(25-15-9-10-16-25)20-13-7-8-14-21(20)23;;;;/h4-8,11-14,18,20-23H,9-10,15-17H2,1-3H3;3*1H3;/q4*-1;+4. The molecular weight excluding hydrogens is 416 g/mol. The Balaban J connectivity index is 0.00000210. The molecule has 3 aliphatic rings. The van der Waals surface area contributed by atoms with Crippen molar-refractivity contribution < 1.29 is 21.7 Å². The van der Waals surface area contributed by atoms with Gasteiger partial charge in [-0.2, -0.15) is 0 Å². The van der Waals surface area contributed by atoms with Gasteiger partial charge in [0.25, 0.3) is 0 Å². The zero-order valence-corrected chi connectivity index (χ0v) is 22.6. The second-order valence-corrected chi connectivity index (χ2v) is 12.7. The second-order valence-electron chi connectivity index (χ2n) is 8.81. The first-order valence-corrected chi connectivity index (χ1v) is 13.0. The Labute approximate surface area is 203 Å². The van der Waals surface area contributed by atoms with Crippen molar-refractivity contribution in [2.24, 2.45) is 11.8 Å². The topological polar surface area (TPSA) is 17.3 Å². The van der Waals surface area contributed by atoms with Crippen molar-refractivity contribution in [3.63, 3.8) is 0 Å². The zero-order chi connectivity index (χ0) is 18.1. The van der Waals surface area contributed by atoms with Crippen LogP contribution in [0.1, 0.15) is 33.1 Å². The van der Waals surface area contributed by atoms with Crippen molar-refractivity contribution in [2.75, 3.05) is 13.1 Å². The van der Waals surface area contributed by atoms with E-state index in [2.05, 4.69) is 79.9 Å². The molecule has 0 N–H and O–H groups in total. The number of hydrogen-bond acceptors (Lipinski definition) is 1. The first-order valence-electron chi connectivity index (χ1n) is 10.5. The molecule has 1 heterocycles. The molecule has 5 atom stereocenters. The predicted octanol–water partition coefficient (Wildman–Crippen LogP) is 6.20. The van der Waals surface area contributed by atoms with E-state index in [0.717, 1.165) is 0 Å². The number of hydrogen-bond donors (Lipinski definition) is 0. The third kappa shape index (κ3) is 5.67. The van der Waals surface area contributed by atoms with Crippen LogP contribution in [0.2, 0.25) is 12.1 Å². The molecule has 0 amide bonds. The summed E-state index contributed by atoms with van der Waals surface area (Å²) in [5.41, 5.74) is 0.698. The van der Waals surface area contributed by atoms with Crippen LogP contribution in [0.25, 0.3) is 4.98 Å². The molecule has 30 heavy (non-hydrogen) atoms. The molecule has 164 valence electrons. The molecule has 2 fully saturated rings. The van der Waals surface area contributed by atoms with Gasteiger partial charge in [0.2, 0.25) is 0 Å². The van der Waals surface area contributed by atoms with E-state index in [9.17, 15) is 0 Å². The van der Waals surface area contributed by atoms with Crippen molar-refractivity contribution in [1.29, 1.82) is 0 Å². The van der Waals surface area contributed by atoms with Crippen LogP contribution in [-0.2, 0) is 21.7 Å². The Bertz CT molecular complexity index is 669. The number of allylic oxidation sites excluding steroid dienone is 3. The Morgan fingerprint density at radius 2 is 1.50 bits per heavy atom. The molecule has 2 aliphatic carbocycles. The van der Waals surface area contributed by atoms with Gasteiger partial charge in [0.15, 0.2) is 0 Å². The fourth-order valence-corrected chi connectivity index (χ4v) is 10.3. The molecular formula is C26H42N2SiTi. The maximum Gasteiger partial charge on any atom is 4.00 e. The minimum atomic E-state index is -1.94. The molecule has 1 aromatic rings. The van der Waals surface area contributed by atoms with Gasteiger partial charge in [-0.15, -0.1) is 6.04 Å². The van der Waals surface area contributed by atoms with Crippen LogP contribution in [0.3, 0.4) is 0 Å². The Morgan fingerprint density at radius 1 is 0.933 bits per heavy atom. The molecule has 1 saturated carbocycles. The van der Waals surface area contributed by atoms with Gasteiger partial charge in [-0.1, -0.05) is 85.8 Å². The molecule has 0 bridgehead atoms. The Kier molecular flexibility index (Phi) is 12.4. The van der Waals surface area contributed by atoms with Crippen molar-refractivity contribution in [3.8, 4) is 0 Å². The molecule has 4 rings (SSSR count). The Hall–Kier alpha value is -0.449. The van der Waals surface area contributed by atoms with Gasteiger partial charge in [-0.05, 0) is 52.4 Å². The maximum atomic E-state index is 5.48. The average Bonchev–Trinajstić information content (AvgIpc) is 3.29. The van der Waals surface area contributed by atoms with E-state index in [1.807, 2.05) is 0 Å². The number of benzene rings is 1. The van der Waals surface area contributed by atoms with Crippen molar-refractivity contribution >= 4 is 13.4 Å². The molecule has 0 radical (unpaired) electrons. The molecule has 0 aromatic heterocycles.